The van der Waals surface area contributed by atoms with Crippen molar-refractivity contribution in [2.24, 2.45) is 0 Å². The molecule has 3 aromatic carbocycles. The van der Waals surface area contributed by atoms with Crippen molar-refractivity contribution in [1.82, 2.24) is 0 Å². The zero-order valence-electron chi connectivity index (χ0n) is 11.4. The van der Waals surface area contributed by atoms with Gasteiger partial charge in [0.2, 0.25) is 0 Å². The number of hydrogen-bond acceptors (Lipinski definition) is 3. The molecule has 3 rings (SSSR count). The summed E-state index contributed by atoms with van der Waals surface area (Å²) in [5.41, 5.74) is 1.46. The smallest absolute Gasteiger partial charge is 0.142 e. The molecular weight excluding hydrogens is 330 g/mol. The molecule has 0 saturated carbocycles. The predicted octanol–water partition coefficient (Wildman–Crippen LogP) is 5.06. The number of aromatic hydroxyl groups is 1. The van der Waals surface area contributed by atoms with E-state index in [1.807, 2.05) is 48.5 Å². The van der Waals surface area contributed by atoms with Gasteiger partial charge in [-0.05, 0) is 47.2 Å². The summed E-state index contributed by atoms with van der Waals surface area (Å²) < 4.78 is 6.30. The Kier molecular flexibility index (Phi) is 3.71. The van der Waals surface area contributed by atoms with E-state index in [4.69, 9.17) is 4.74 Å². The number of methoxy groups -OCH3 is 1. The summed E-state index contributed by atoms with van der Waals surface area (Å²) in [6.45, 7) is 0. The number of hydrogen-bond donors (Lipinski definition) is 2. The van der Waals surface area contributed by atoms with Gasteiger partial charge in [0.15, 0.2) is 0 Å². The topological polar surface area (TPSA) is 41.5 Å². The molecule has 0 bridgehead atoms. The molecule has 0 atom stereocenters. The molecule has 3 nitrogen and oxygen atoms in total. The van der Waals surface area contributed by atoms with E-state index >= 15 is 0 Å². The lowest BCUT2D eigenvalue weighted by molar-refractivity contribution is 0.416. The maximum atomic E-state index is 10.2. The summed E-state index contributed by atoms with van der Waals surface area (Å²) in [5, 5.41) is 15.4. The van der Waals surface area contributed by atoms with Gasteiger partial charge in [-0.2, -0.15) is 0 Å². The van der Waals surface area contributed by atoms with Crippen molar-refractivity contribution >= 4 is 38.1 Å². The first kappa shape index (κ1) is 13.8. The Labute approximate surface area is 131 Å². The lowest BCUT2D eigenvalue weighted by Crippen LogP contribution is -1.94. The quantitative estimate of drug-likeness (QED) is 0.653. The number of nitrogens with one attached hydrogen (secondary N) is 1. The number of ether oxygens (including phenoxy) is 1. The summed E-state index contributed by atoms with van der Waals surface area (Å²) in [6, 6.07) is 17.2. The van der Waals surface area contributed by atoms with E-state index in [-0.39, 0.29) is 5.75 Å². The highest BCUT2D eigenvalue weighted by molar-refractivity contribution is 9.10. The minimum atomic E-state index is 0.200. The van der Waals surface area contributed by atoms with Crippen LogP contribution in [0.3, 0.4) is 0 Å². The zero-order valence-corrected chi connectivity index (χ0v) is 13.0. The fraction of sp³-hybridized carbons (Fsp3) is 0.0588. The summed E-state index contributed by atoms with van der Waals surface area (Å²) in [7, 11) is 1.62. The molecule has 0 amide bonds. The second kappa shape index (κ2) is 5.66. The fourth-order valence-electron chi connectivity index (χ4n) is 2.25. The molecule has 0 saturated heterocycles. The highest BCUT2D eigenvalue weighted by Crippen LogP contribution is 2.35. The number of halogens is 1. The van der Waals surface area contributed by atoms with Crippen molar-refractivity contribution in [3.63, 3.8) is 0 Å². The first-order valence-corrected chi connectivity index (χ1v) is 7.29. The lowest BCUT2D eigenvalue weighted by Gasteiger charge is -2.13. The van der Waals surface area contributed by atoms with E-state index in [1.165, 1.54) is 0 Å². The van der Waals surface area contributed by atoms with Gasteiger partial charge in [0, 0.05) is 4.47 Å². The highest BCUT2D eigenvalue weighted by atomic mass is 79.9. The van der Waals surface area contributed by atoms with Gasteiger partial charge in [-0.25, -0.2) is 0 Å². The molecule has 0 aliphatic carbocycles. The largest absolute Gasteiger partial charge is 0.506 e. The molecule has 106 valence electrons. The van der Waals surface area contributed by atoms with Crippen LogP contribution in [0.5, 0.6) is 11.5 Å². The average Bonchev–Trinajstić information content (AvgIpc) is 2.49. The second-order valence-corrected chi connectivity index (χ2v) is 5.60. The molecule has 0 aromatic heterocycles. The van der Waals surface area contributed by atoms with Gasteiger partial charge in [0.1, 0.15) is 11.5 Å². The van der Waals surface area contributed by atoms with E-state index in [9.17, 15) is 5.11 Å². The van der Waals surface area contributed by atoms with Crippen LogP contribution >= 0.6 is 15.9 Å². The van der Waals surface area contributed by atoms with Gasteiger partial charge in [-0.15, -0.1) is 0 Å². The summed E-state index contributed by atoms with van der Waals surface area (Å²) >= 11 is 3.43. The highest BCUT2D eigenvalue weighted by Gasteiger charge is 2.07. The predicted molar refractivity (Wildman–Crippen MR) is 89.6 cm³/mol. The molecular formula is C17H14BrNO2. The molecule has 4 heteroatoms. The number of phenols is 1. The Hall–Kier alpha value is -2.20. The van der Waals surface area contributed by atoms with Gasteiger partial charge in [0.05, 0.1) is 18.5 Å². The van der Waals surface area contributed by atoms with Crippen LogP contribution in [0, 0.1) is 0 Å². The zero-order chi connectivity index (χ0) is 14.8. The van der Waals surface area contributed by atoms with E-state index in [0.29, 0.717) is 5.69 Å². The van der Waals surface area contributed by atoms with Crippen molar-refractivity contribution in [2.75, 3.05) is 12.4 Å². The van der Waals surface area contributed by atoms with Crippen LogP contribution in [0.2, 0.25) is 0 Å². The van der Waals surface area contributed by atoms with Gasteiger partial charge < -0.3 is 15.2 Å². The SMILES string of the molecule is COc1ccccc1Nc1cc2ccc(Br)cc2cc1O. The normalized spacial score (nSPS) is 10.6. The van der Waals surface area contributed by atoms with Crippen molar-refractivity contribution in [3.8, 4) is 11.5 Å². The number of para-hydroxylation sites is 2. The Balaban J connectivity index is 2.04. The molecule has 0 radical (unpaired) electrons. The Morgan fingerprint density at radius 3 is 2.57 bits per heavy atom. The van der Waals surface area contributed by atoms with Gasteiger partial charge in [-0.3, -0.25) is 0 Å². The summed E-state index contributed by atoms with van der Waals surface area (Å²) in [4.78, 5) is 0. The maximum absolute atomic E-state index is 10.2. The Morgan fingerprint density at radius 1 is 0.952 bits per heavy atom. The minimum Gasteiger partial charge on any atom is -0.506 e. The molecule has 21 heavy (non-hydrogen) atoms. The van der Waals surface area contributed by atoms with Crippen molar-refractivity contribution in [3.05, 3.63) is 59.1 Å². The molecule has 3 aromatic rings. The van der Waals surface area contributed by atoms with Crippen molar-refractivity contribution < 1.29 is 9.84 Å². The number of phenolic OH excluding ortho intramolecular Hbond substituents is 1. The van der Waals surface area contributed by atoms with E-state index in [0.717, 1.165) is 26.7 Å². The maximum Gasteiger partial charge on any atom is 0.142 e. The van der Waals surface area contributed by atoms with Gasteiger partial charge >= 0.3 is 0 Å². The summed E-state index contributed by atoms with van der Waals surface area (Å²) in [5.74, 6) is 0.930. The third-order valence-electron chi connectivity index (χ3n) is 3.29. The molecule has 0 aliphatic heterocycles. The number of fused-ring (bicyclic) bond motifs is 1. The van der Waals surface area contributed by atoms with E-state index in [1.54, 1.807) is 13.2 Å². The van der Waals surface area contributed by atoms with E-state index < -0.39 is 0 Å². The number of benzene rings is 3. The van der Waals surface area contributed by atoms with Crippen LogP contribution in [0.15, 0.2) is 59.1 Å². The van der Waals surface area contributed by atoms with Crippen LogP contribution < -0.4 is 10.1 Å². The lowest BCUT2D eigenvalue weighted by atomic mass is 10.1. The first-order chi connectivity index (χ1) is 10.2. The van der Waals surface area contributed by atoms with Crippen LogP contribution in [0.25, 0.3) is 10.8 Å². The van der Waals surface area contributed by atoms with Crippen LogP contribution in [0.4, 0.5) is 11.4 Å². The standard InChI is InChI=1S/C17H14BrNO2/c1-21-17-5-3-2-4-14(17)19-15-9-11-6-7-13(18)8-12(11)10-16(15)20/h2-10,19-20H,1H3. The number of rotatable bonds is 3. The summed E-state index contributed by atoms with van der Waals surface area (Å²) in [6.07, 6.45) is 0. The van der Waals surface area contributed by atoms with Crippen LogP contribution in [0.1, 0.15) is 0 Å². The van der Waals surface area contributed by atoms with E-state index in [2.05, 4.69) is 21.2 Å². The molecule has 0 unspecified atom stereocenters. The third-order valence-corrected chi connectivity index (χ3v) is 3.79. The molecule has 0 spiro atoms. The second-order valence-electron chi connectivity index (χ2n) is 4.69. The monoisotopic (exact) mass is 343 g/mol. The van der Waals surface area contributed by atoms with Crippen LogP contribution in [-0.4, -0.2) is 12.2 Å². The van der Waals surface area contributed by atoms with Gasteiger partial charge in [-0.1, -0.05) is 34.1 Å². The van der Waals surface area contributed by atoms with Crippen LogP contribution in [-0.2, 0) is 0 Å². The number of anilines is 2. The van der Waals surface area contributed by atoms with Gasteiger partial charge in [0.25, 0.3) is 0 Å². The minimum absolute atomic E-state index is 0.200. The third kappa shape index (κ3) is 2.81. The Bertz CT molecular complexity index is 802. The Morgan fingerprint density at radius 2 is 1.76 bits per heavy atom. The molecule has 0 heterocycles. The molecule has 0 fully saturated rings. The molecule has 2 N–H and O–H groups in total. The molecule has 0 aliphatic rings. The first-order valence-electron chi connectivity index (χ1n) is 6.50. The van der Waals surface area contributed by atoms with Crippen molar-refractivity contribution in [1.29, 1.82) is 0 Å². The average molecular weight is 344 g/mol. The fourth-order valence-corrected chi connectivity index (χ4v) is 2.63. The van der Waals surface area contributed by atoms with Crippen molar-refractivity contribution in [2.45, 2.75) is 0 Å².